The van der Waals surface area contributed by atoms with Crippen molar-refractivity contribution >= 4 is 39.3 Å². The summed E-state index contributed by atoms with van der Waals surface area (Å²) in [6.45, 7) is 2.02. The third-order valence-electron chi connectivity index (χ3n) is 2.98. The molecule has 2 nitrogen and oxygen atoms in total. The molecule has 0 aliphatic heterocycles. The first-order valence-corrected chi connectivity index (χ1v) is 7.02. The Kier molecular flexibility index (Phi) is 3.14. The van der Waals surface area contributed by atoms with Gasteiger partial charge in [0.25, 0.3) is 0 Å². The van der Waals surface area contributed by atoms with E-state index in [0.29, 0.717) is 11.3 Å². The number of hydrogen-bond donors (Lipinski definition) is 0. The summed E-state index contributed by atoms with van der Waals surface area (Å²) in [6, 6.07) is 15.2. The lowest BCUT2D eigenvalue weighted by molar-refractivity contribution is 0.101. The molecule has 0 aliphatic rings. The highest BCUT2D eigenvalue weighted by atomic mass is 127. The summed E-state index contributed by atoms with van der Waals surface area (Å²) in [5, 5.41) is 0.967. The Labute approximate surface area is 124 Å². The van der Waals surface area contributed by atoms with Crippen molar-refractivity contribution in [3.8, 4) is 0 Å². The summed E-state index contributed by atoms with van der Waals surface area (Å²) in [6.07, 6.45) is 0. The first-order valence-electron chi connectivity index (χ1n) is 5.94. The van der Waals surface area contributed by atoms with E-state index in [4.69, 9.17) is 4.42 Å². The van der Waals surface area contributed by atoms with Gasteiger partial charge in [-0.1, -0.05) is 23.8 Å². The van der Waals surface area contributed by atoms with Gasteiger partial charge in [-0.2, -0.15) is 0 Å². The molecular weight excluding hydrogens is 351 g/mol. The summed E-state index contributed by atoms with van der Waals surface area (Å²) in [5.41, 5.74) is 2.56. The molecule has 0 saturated carbocycles. The monoisotopic (exact) mass is 362 g/mol. The summed E-state index contributed by atoms with van der Waals surface area (Å²) in [4.78, 5) is 12.4. The Morgan fingerprint density at radius 1 is 1.11 bits per heavy atom. The van der Waals surface area contributed by atoms with E-state index in [1.54, 1.807) is 0 Å². The molecule has 3 heteroatoms. The van der Waals surface area contributed by atoms with Gasteiger partial charge in [0.2, 0.25) is 5.78 Å². The van der Waals surface area contributed by atoms with Crippen molar-refractivity contribution in [1.82, 2.24) is 0 Å². The maximum Gasteiger partial charge on any atom is 0.228 e. The normalized spacial score (nSPS) is 10.8. The van der Waals surface area contributed by atoms with Gasteiger partial charge in [-0.15, -0.1) is 0 Å². The van der Waals surface area contributed by atoms with Crippen LogP contribution in [-0.4, -0.2) is 5.78 Å². The van der Waals surface area contributed by atoms with Gasteiger partial charge < -0.3 is 4.42 Å². The molecular formula is C16H11IO2. The molecule has 0 radical (unpaired) electrons. The highest BCUT2D eigenvalue weighted by molar-refractivity contribution is 14.1. The number of rotatable bonds is 2. The number of aryl methyl sites for hydroxylation is 1. The molecule has 0 bridgehead atoms. The molecule has 94 valence electrons. The predicted molar refractivity (Wildman–Crippen MR) is 83.5 cm³/mol. The van der Waals surface area contributed by atoms with E-state index in [9.17, 15) is 4.79 Å². The minimum atomic E-state index is -0.0765. The topological polar surface area (TPSA) is 30.2 Å². The van der Waals surface area contributed by atoms with E-state index in [1.807, 2.05) is 55.5 Å². The molecule has 3 rings (SSSR count). The molecule has 0 unspecified atom stereocenters. The molecule has 0 fully saturated rings. The molecule has 0 amide bonds. The summed E-state index contributed by atoms with van der Waals surface area (Å²) in [5.74, 6) is 0.315. The number of ketones is 1. The van der Waals surface area contributed by atoms with Crippen LogP contribution < -0.4 is 0 Å². The number of halogens is 1. The van der Waals surface area contributed by atoms with Gasteiger partial charge in [-0.05, 0) is 59.8 Å². The van der Waals surface area contributed by atoms with Gasteiger partial charge >= 0.3 is 0 Å². The van der Waals surface area contributed by atoms with Gasteiger partial charge in [0.1, 0.15) is 5.58 Å². The predicted octanol–water partition coefficient (Wildman–Crippen LogP) is 4.58. The summed E-state index contributed by atoms with van der Waals surface area (Å²) < 4.78 is 6.66. The zero-order valence-corrected chi connectivity index (χ0v) is 12.5. The second-order valence-electron chi connectivity index (χ2n) is 4.49. The molecule has 1 heterocycles. The standard InChI is InChI=1S/C16H11IO2/c1-10-5-6-14-12(7-10)9-15(19-14)16(18)11-3-2-4-13(17)8-11/h2-9H,1H3. The molecule has 1 aromatic heterocycles. The zero-order chi connectivity index (χ0) is 13.4. The number of fused-ring (bicyclic) bond motifs is 1. The van der Waals surface area contributed by atoms with Crippen LogP contribution in [0.25, 0.3) is 11.0 Å². The van der Waals surface area contributed by atoms with Crippen LogP contribution in [0.4, 0.5) is 0 Å². The van der Waals surface area contributed by atoms with Crippen molar-refractivity contribution in [2.45, 2.75) is 6.92 Å². The van der Waals surface area contributed by atoms with Crippen molar-refractivity contribution in [3.63, 3.8) is 0 Å². The molecule has 0 atom stereocenters. The average Bonchev–Trinajstić information content (AvgIpc) is 2.80. The van der Waals surface area contributed by atoms with Crippen LogP contribution >= 0.6 is 22.6 Å². The highest BCUT2D eigenvalue weighted by Gasteiger charge is 2.14. The van der Waals surface area contributed by atoms with Crippen molar-refractivity contribution in [2.24, 2.45) is 0 Å². The Bertz CT molecular complexity index is 771. The van der Waals surface area contributed by atoms with E-state index in [1.165, 1.54) is 0 Å². The summed E-state index contributed by atoms with van der Waals surface area (Å²) in [7, 11) is 0. The zero-order valence-electron chi connectivity index (χ0n) is 10.3. The number of hydrogen-bond acceptors (Lipinski definition) is 2. The van der Waals surface area contributed by atoms with E-state index < -0.39 is 0 Å². The van der Waals surface area contributed by atoms with E-state index in [2.05, 4.69) is 22.6 Å². The fourth-order valence-corrected chi connectivity index (χ4v) is 2.59. The molecule has 0 N–H and O–H groups in total. The largest absolute Gasteiger partial charge is 0.453 e. The Morgan fingerprint density at radius 3 is 2.74 bits per heavy atom. The SMILES string of the molecule is Cc1ccc2oc(C(=O)c3cccc(I)c3)cc2c1. The third kappa shape index (κ3) is 2.42. The first kappa shape index (κ1) is 12.4. The molecule has 2 aromatic carbocycles. The van der Waals surface area contributed by atoms with Crippen molar-refractivity contribution < 1.29 is 9.21 Å². The first-order chi connectivity index (χ1) is 9.13. The van der Waals surface area contributed by atoms with Crippen molar-refractivity contribution in [3.05, 3.63) is 69.0 Å². The maximum absolute atomic E-state index is 12.4. The van der Waals surface area contributed by atoms with Crippen LogP contribution in [0.1, 0.15) is 21.7 Å². The van der Waals surface area contributed by atoms with Crippen LogP contribution in [-0.2, 0) is 0 Å². The fraction of sp³-hybridized carbons (Fsp3) is 0.0625. The second kappa shape index (κ2) is 4.81. The molecule has 0 aliphatic carbocycles. The van der Waals surface area contributed by atoms with E-state index in [-0.39, 0.29) is 5.78 Å². The van der Waals surface area contributed by atoms with Crippen LogP contribution in [0.3, 0.4) is 0 Å². The van der Waals surface area contributed by atoms with Gasteiger partial charge in [-0.25, -0.2) is 0 Å². The van der Waals surface area contributed by atoms with Crippen molar-refractivity contribution in [1.29, 1.82) is 0 Å². The van der Waals surface area contributed by atoms with Crippen molar-refractivity contribution in [2.75, 3.05) is 0 Å². The van der Waals surface area contributed by atoms with Gasteiger partial charge in [-0.3, -0.25) is 4.79 Å². The number of carbonyl (C=O) groups excluding carboxylic acids is 1. The lowest BCUT2D eigenvalue weighted by atomic mass is 10.1. The third-order valence-corrected chi connectivity index (χ3v) is 3.65. The lowest BCUT2D eigenvalue weighted by Gasteiger charge is -1.97. The van der Waals surface area contributed by atoms with Gasteiger partial charge in [0.15, 0.2) is 5.76 Å². The number of furan rings is 1. The molecule has 0 saturated heterocycles. The molecule has 0 spiro atoms. The highest BCUT2D eigenvalue weighted by Crippen LogP contribution is 2.23. The van der Waals surface area contributed by atoms with Crippen LogP contribution in [0.5, 0.6) is 0 Å². The summed E-state index contributed by atoms with van der Waals surface area (Å²) >= 11 is 2.19. The maximum atomic E-state index is 12.4. The second-order valence-corrected chi connectivity index (χ2v) is 5.74. The quantitative estimate of drug-likeness (QED) is 0.494. The Balaban J connectivity index is 2.06. The Morgan fingerprint density at radius 2 is 1.95 bits per heavy atom. The molecule has 19 heavy (non-hydrogen) atoms. The van der Waals surface area contributed by atoms with E-state index in [0.717, 1.165) is 20.1 Å². The smallest absolute Gasteiger partial charge is 0.228 e. The van der Waals surface area contributed by atoms with Crippen LogP contribution in [0, 0.1) is 10.5 Å². The van der Waals surface area contributed by atoms with Gasteiger partial charge in [0, 0.05) is 14.5 Å². The molecule has 3 aromatic rings. The van der Waals surface area contributed by atoms with Gasteiger partial charge in [0.05, 0.1) is 0 Å². The van der Waals surface area contributed by atoms with Crippen LogP contribution in [0.15, 0.2) is 52.9 Å². The van der Waals surface area contributed by atoms with Crippen LogP contribution in [0.2, 0.25) is 0 Å². The average molecular weight is 362 g/mol. The minimum absolute atomic E-state index is 0.0765. The van der Waals surface area contributed by atoms with E-state index >= 15 is 0 Å². The fourth-order valence-electron chi connectivity index (χ4n) is 2.05. The lowest BCUT2D eigenvalue weighted by Crippen LogP contribution is -1.99. The number of benzene rings is 2. The Hall–Kier alpha value is -1.62. The minimum Gasteiger partial charge on any atom is -0.453 e. The number of carbonyl (C=O) groups is 1.